The molecule has 17 nitrogen and oxygen atoms in total. The highest BCUT2D eigenvalue weighted by molar-refractivity contribution is 7.47. The Bertz CT molecular complexity index is 1910. The van der Waals surface area contributed by atoms with Gasteiger partial charge in [-0.3, -0.25) is 23.2 Å². The van der Waals surface area contributed by atoms with Gasteiger partial charge in [0, 0.05) is 12.8 Å². The average Bonchev–Trinajstić information content (AvgIpc) is 3.33. The zero-order valence-corrected chi connectivity index (χ0v) is 43.7. The molecule has 0 aromatic rings. The Morgan fingerprint density at radius 3 is 1.54 bits per heavy atom. The smallest absolute Gasteiger partial charge is 0.462 e. The lowest BCUT2D eigenvalue weighted by molar-refractivity contribution is -0.216. The third kappa shape index (κ3) is 35.3. The van der Waals surface area contributed by atoms with Crippen molar-refractivity contribution >= 4 is 27.6 Å². The molecule has 0 spiro atoms. The van der Waals surface area contributed by atoms with Crippen LogP contribution in [-0.4, -0.2) is 114 Å². The van der Waals surface area contributed by atoms with Crippen LogP contribution < -0.4 is 0 Å². The van der Waals surface area contributed by atoms with Crippen LogP contribution >= 0.6 is 15.6 Å². The van der Waals surface area contributed by atoms with Crippen molar-refractivity contribution in [1.82, 2.24) is 0 Å². The van der Waals surface area contributed by atoms with E-state index in [4.69, 9.17) is 18.5 Å². The molecule has 1 aliphatic carbocycles. The Morgan fingerprint density at radius 2 is 1.00 bits per heavy atom. The lowest BCUT2D eigenvalue weighted by Crippen LogP contribution is -2.64. The fourth-order valence-corrected chi connectivity index (χ4v) is 8.05. The van der Waals surface area contributed by atoms with Crippen LogP contribution in [0.25, 0.3) is 0 Å². The summed E-state index contributed by atoms with van der Waals surface area (Å²) in [5, 5.41) is 51.3. The first kappa shape index (κ1) is 66.1. The highest BCUT2D eigenvalue weighted by atomic mass is 31.2. The van der Waals surface area contributed by atoms with Crippen molar-refractivity contribution < 1.29 is 82.0 Å². The summed E-state index contributed by atoms with van der Waals surface area (Å²) in [5.41, 5.74) is 0. The summed E-state index contributed by atoms with van der Waals surface area (Å²) in [7, 11) is -10.8. The third-order valence-electron chi connectivity index (χ3n) is 10.3. The van der Waals surface area contributed by atoms with E-state index in [0.29, 0.717) is 38.5 Å². The predicted molar refractivity (Wildman–Crippen MR) is 279 cm³/mol. The minimum Gasteiger partial charge on any atom is -0.462 e. The standard InChI is InChI=1S/C53H82O17P2/c1-3-5-7-9-11-12-13-14-15-16-17-18-19-20-21-26-29-33-37-41-47(56)68-45(43-67-72(64,65)70-53-50(59)48(57)49(58)52(51(53)60)69-71(61,62)63)42-66-46(55)40-36-32-28-25-23-22-24-27-31-35-39-44(54)38-34-30-10-8-6-4-2/h5-8,11-12,14-15,17-18,20-23,27-28,30-32,34-35,39,44-45,48-54,57-60H,3-4,9-10,13,16,19,24-26,29,33,36-38,40-43H2,1-2H3,(H,64,65)(H2,61,62,63)/b7-5-,8-6-,12-11-,15-14-,18-17-,21-20-,23-22-,31-27-,32-28-,34-30-,39-35+/t44?,45-,48?,49?,50?,51?,52-,53+/m1/s1. The van der Waals surface area contributed by atoms with Crippen molar-refractivity contribution in [3.8, 4) is 0 Å². The molecule has 9 atom stereocenters. The van der Waals surface area contributed by atoms with E-state index in [9.17, 15) is 58.9 Å². The summed E-state index contributed by atoms with van der Waals surface area (Å²) >= 11 is 0. The fourth-order valence-electron chi connectivity index (χ4n) is 6.51. The molecule has 0 aromatic carbocycles. The first-order chi connectivity index (χ1) is 34.5. The molecule has 1 fully saturated rings. The molecule has 0 heterocycles. The van der Waals surface area contributed by atoms with Crippen LogP contribution in [0.15, 0.2) is 134 Å². The molecule has 1 saturated carbocycles. The molecule has 0 radical (unpaired) electrons. The van der Waals surface area contributed by atoms with E-state index in [0.717, 1.165) is 57.8 Å². The van der Waals surface area contributed by atoms with Crippen LogP contribution in [0, 0.1) is 0 Å². The maximum atomic E-state index is 13.0. The quantitative estimate of drug-likeness (QED) is 0.00937. The normalized spacial score (nSPS) is 22.3. The van der Waals surface area contributed by atoms with E-state index >= 15 is 0 Å². The van der Waals surface area contributed by atoms with E-state index in [1.165, 1.54) is 0 Å². The largest absolute Gasteiger partial charge is 0.472 e. The Labute approximate surface area is 426 Å². The molecule has 406 valence electrons. The van der Waals surface area contributed by atoms with Gasteiger partial charge < -0.3 is 49.7 Å². The summed E-state index contributed by atoms with van der Waals surface area (Å²) in [5.74, 6) is -1.39. The number of phosphoric acid groups is 2. The lowest BCUT2D eigenvalue weighted by atomic mass is 9.85. The van der Waals surface area contributed by atoms with Gasteiger partial charge in [-0.15, -0.1) is 0 Å². The van der Waals surface area contributed by atoms with Gasteiger partial charge in [0.2, 0.25) is 0 Å². The van der Waals surface area contributed by atoms with Gasteiger partial charge in [0.15, 0.2) is 6.10 Å². The number of allylic oxidation sites excluding steroid dienone is 20. The van der Waals surface area contributed by atoms with E-state index < -0.39 is 89.6 Å². The monoisotopic (exact) mass is 1050 g/mol. The van der Waals surface area contributed by atoms with Crippen LogP contribution in [0.3, 0.4) is 0 Å². The lowest BCUT2D eigenvalue weighted by Gasteiger charge is -2.43. The molecule has 0 bridgehead atoms. The Morgan fingerprint density at radius 1 is 0.514 bits per heavy atom. The second-order valence-corrected chi connectivity index (χ2v) is 19.2. The van der Waals surface area contributed by atoms with E-state index in [2.05, 4.69) is 91.3 Å². The molecule has 8 N–H and O–H groups in total. The Balaban J connectivity index is 2.68. The number of carbonyl (C=O) groups excluding carboxylic acids is 2. The number of ether oxygens (including phenoxy) is 2. The predicted octanol–water partition coefficient (Wildman–Crippen LogP) is 9.03. The minimum atomic E-state index is -5.39. The summed E-state index contributed by atoms with van der Waals surface area (Å²) in [6.07, 6.45) is 40.1. The minimum absolute atomic E-state index is 0.0302. The van der Waals surface area contributed by atoms with Crippen molar-refractivity contribution in [2.24, 2.45) is 0 Å². The maximum Gasteiger partial charge on any atom is 0.472 e. The highest BCUT2D eigenvalue weighted by Crippen LogP contribution is 2.49. The van der Waals surface area contributed by atoms with Crippen LogP contribution in [0.5, 0.6) is 0 Å². The molecule has 0 saturated heterocycles. The van der Waals surface area contributed by atoms with E-state index in [-0.39, 0.29) is 12.8 Å². The molecular weight excluding hydrogens is 971 g/mol. The van der Waals surface area contributed by atoms with E-state index in [1.54, 1.807) is 18.2 Å². The Kier molecular flexibility index (Phi) is 38.1. The van der Waals surface area contributed by atoms with Crippen LogP contribution in [0.1, 0.15) is 123 Å². The molecule has 0 amide bonds. The van der Waals surface area contributed by atoms with Crippen molar-refractivity contribution in [3.63, 3.8) is 0 Å². The molecule has 19 heteroatoms. The van der Waals surface area contributed by atoms with Gasteiger partial charge in [-0.2, -0.15) is 0 Å². The number of esters is 2. The van der Waals surface area contributed by atoms with Gasteiger partial charge in [-0.1, -0.05) is 154 Å². The number of aliphatic hydroxyl groups excluding tert-OH is 5. The van der Waals surface area contributed by atoms with Crippen molar-refractivity contribution in [2.75, 3.05) is 13.2 Å². The van der Waals surface area contributed by atoms with Crippen LogP contribution in [-0.2, 0) is 41.8 Å². The summed E-state index contributed by atoms with van der Waals surface area (Å²) in [6.45, 7) is 2.71. The number of rotatable bonds is 39. The number of aliphatic hydroxyl groups is 5. The highest BCUT2D eigenvalue weighted by Gasteiger charge is 2.54. The third-order valence-corrected chi connectivity index (χ3v) is 11.8. The molecule has 1 rings (SSSR count). The fraction of sp³-hybridized carbons (Fsp3) is 0.547. The average molecular weight is 1050 g/mol. The SMILES string of the molecule is CC/C=C\C/C=C\C/C=C\C/C=C\C/C=C\CCCCCC(=O)O[C@H](COC(=O)CC/C=C\C/C=C\C/C=C\C=C\C(O)C/C=C\C/C=C\CC)COP(=O)(O)O[C@H]1C(O)C(O)C(O)[C@@H](OP(=O)(O)O)C1O. The summed E-state index contributed by atoms with van der Waals surface area (Å²) in [4.78, 5) is 54.4. The van der Waals surface area contributed by atoms with Gasteiger partial charge in [0.1, 0.15) is 43.2 Å². The number of unbranched alkanes of at least 4 members (excludes halogenated alkanes) is 3. The molecule has 1 aliphatic rings. The van der Waals surface area contributed by atoms with Gasteiger partial charge in [-0.25, -0.2) is 9.13 Å². The van der Waals surface area contributed by atoms with Crippen molar-refractivity contribution in [3.05, 3.63) is 134 Å². The molecule has 72 heavy (non-hydrogen) atoms. The van der Waals surface area contributed by atoms with Crippen molar-refractivity contribution in [1.29, 1.82) is 0 Å². The van der Waals surface area contributed by atoms with Crippen LogP contribution in [0.4, 0.5) is 0 Å². The summed E-state index contributed by atoms with van der Waals surface area (Å²) < 4.78 is 49.3. The Hall–Kier alpha value is -3.90. The number of phosphoric ester groups is 2. The van der Waals surface area contributed by atoms with Crippen LogP contribution in [0.2, 0.25) is 0 Å². The second-order valence-electron chi connectivity index (χ2n) is 16.6. The molecular formula is C53H82O17P2. The van der Waals surface area contributed by atoms with Gasteiger partial charge in [0.05, 0.1) is 12.7 Å². The topological polar surface area (TPSA) is 276 Å². The number of carbonyl (C=O) groups is 2. The van der Waals surface area contributed by atoms with E-state index in [1.807, 2.05) is 42.5 Å². The maximum absolute atomic E-state index is 13.0. The van der Waals surface area contributed by atoms with Crippen molar-refractivity contribution in [2.45, 2.75) is 172 Å². The van der Waals surface area contributed by atoms with Gasteiger partial charge in [0.25, 0.3) is 0 Å². The number of hydrogen-bond donors (Lipinski definition) is 8. The van der Waals surface area contributed by atoms with Gasteiger partial charge >= 0.3 is 27.6 Å². The first-order valence-corrected chi connectivity index (χ1v) is 27.9. The number of hydrogen-bond acceptors (Lipinski definition) is 14. The summed E-state index contributed by atoms with van der Waals surface area (Å²) in [6, 6.07) is 0. The zero-order valence-electron chi connectivity index (χ0n) is 41.9. The molecule has 0 aromatic heterocycles. The second kappa shape index (κ2) is 41.5. The van der Waals surface area contributed by atoms with Gasteiger partial charge in [-0.05, 0) is 89.9 Å². The first-order valence-electron chi connectivity index (χ1n) is 24.8. The molecule has 0 aliphatic heterocycles. The zero-order chi connectivity index (χ0) is 53.3. The molecule has 6 unspecified atom stereocenters.